The summed E-state index contributed by atoms with van der Waals surface area (Å²) in [5.74, 6) is 0.621. The van der Waals surface area contributed by atoms with Crippen molar-refractivity contribution in [2.45, 2.75) is 25.4 Å². The number of benzene rings is 1. The molecule has 0 aromatic heterocycles. The van der Waals surface area contributed by atoms with Crippen molar-refractivity contribution in [2.24, 2.45) is 0 Å². The second kappa shape index (κ2) is 4.62. The fourth-order valence-corrected chi connectivity index (χ4v) is 2.69. The largest absolute Gasteiger partial charge is 0.377 e. The van der Waals surface area contributed by atoms with Crippen LogP contribution in [0.3, 0.4) is 0 Å². The third-order valence-corrected chi connectivity index (χ3v) is 3.86. The predicted molar refractivity (Wildman–Crippen MR) is 67.2 cm³/mol. The second-order valence-electron chi connectivity index (χ2n) is 3.90. The maximum atomic E-state index is 5.72. The lowest BCUT2D eigenvalue weighted by molar-refractivity contribution is 0.129. The molecule has 1 fully saturated rings. The van der Waals surface area contributed by atoms with E-state index in [1.165, 1.54) is 17.5 Å². The molecule has 76 valence electrons. The Hall–Kier alpha value is -0.0900. The van der Waals surface area contributed by atoms with Gasteiger partial charge in [0.15, 0.2) is 0 Å². The van der Waals surface area contributed by atoms with Crippen molar-refractivity contribution in [1.29, 1.82) is 0 Å². The van der Waals surface area contributed by atoms with E-state index in [0.29, 0.717) is 12.0 Å². The minimum absolute atomic E-state index is 0.472. The number of hydrogen-bond donors (Lipinski definition) is 0. The molecule has 2 atom stereocenters. The summed E-state index contributed by atoms with van der Waals surface area (Å²) in [5.41, 5.74) is 2.87. The molecule has 1 saturated heterocycles. The minimum Gasteiger partial charge on any atom is -0.377 e. The zero-order chi connectivity index (χ0) is 9.97. The molecule has 1 heterocycles. The summed E-state index contributed by atoms with van der Waals surface area (Å²) in [5, 5.41) is 0. The highest BCUT2D eigenvalue weighted by Gasteiger charge is 2.26. The molecule has 2 unspecified atom stereocenters. The van der Waals surface area contributed by atoms with Crippen molar-refractivity contribution >= 4 is 22.6 Å². The van der Waals surface area contributed by atoms with E-state index in [-0.39, 0.29) is 0 Å². The first kappa shape index (κ1) is 10.4. The molecule has 0 amide bonds. The van der Waals surface area contributed by atoms with Gasteiger partial charge in [-0.25, -0.2) is 0 Å². The summed E-state index contributed by atoms with van der Waals surface area (Å²) in [7, 11) is 0. The lowest BCUT2D eigenvalue weighted by atomic mass is 9.93. The fourth-order valence-electron chi connectivity index (χ4n) is 2.07. The average Bonchev–Trinajstić information content (AvgIpc) is 2.67. The predicted octanol–water partition coefficient (Wildman–Crippen LogP) is 3.30. The molecule has 0 N–H and O–H groups in total. The van der Waals surface area contributed by atoms with Crippen molar-refractivity contribution in [3.05, 3.63) is 35.4 Å². The summed E-state index contributed by atoms with van der Waals surface area (Å²) in [6.45, 7) is 3.09. The molecule has 0 radical (unpaired) electrons. The molecule has 0 saturated carbocycles. The number of ether oxygens (including phenoxy) is 1. The van der Waals surface area contributed by atoms with Gasteiger partial charge < -0.3 is 4.74 Å². The Bertz CT molecular complexity index is 311. The number of halogens is 1. The van der Waals surface area contributed by atoms with E-state index in [2.05, 4.69) is 53.8 Å². The van der Waals surface area contributed by atoms with Crippen LogP contribution in [-0.2, 0) is 4.74 Å². The van der Waals surface area contributed by atoms with Gasteiger partial charge in [-0.1, -0.05) is 46.9 Å². The van der Waals surface area contributed by atoms with Gasteiger partial charge in [0.25, 0.3) is 0 Å². The Morgan fingerprint density at radius 3 is 2.86 bits per heavy atom. The molecule has 2 rings (SSSR count). The normalized spacial score (nSPS) is 26.7. The Morgan fingerprint density at radius 2 is 2.21 bits per heavy atom. The first-order valence-electron chi connectivity index (χ1n) is 5.04. The number of aryl methyl sites for hydroxylation is 1. The lowest BCUT2D eigenvalue weighted by Gasteiger charge is -2.11. The molecular formula is C12H15IO. The zero-order valence-electron chi connectivity index (χ0n) is 8.37. The Kier molecular flexibility index (Phi) is 3.44. The van der Waals surface area contributed by atoms with Crippen molar-refractivity contribution in [3.63, 3.8) is 0 Å². The van der Waals surface area contributed by atoms with Crippen LogP contribution in [0.5, 0.6) is 0 Å². The molecule has 1 aliphatic rings. The number of hydrogen-bond acceptors (Lipinski definition) is 1. The third-order valence-electron chi connectivity index (χ3n) is 2.88. The Morgan fingerprint density at radius 1 is 1.43 bits per heavy atom. The van der Waals surface area contributed by atoms with Gasteiger partial charge in [0.05, 0.1) is 12.7 Å². The van der Waals surface area contributed by atoms with Crippen LogP contribution in [0, 0.1) is 6.92 Å². The summed E-state index contributed by atoms with van der Waals surface area (Å²) < 4.78 is 6.83. The molecule has 14 heavy (non-hydrogen) atoms. The highest BCUT2D eigenvalue weighted by molar-refractivity contribution is 14.1. The van der Waals surface area contributed by atoms with E-state index in [9.17, 15) is 0 Å². The molecule has 0 aliphatic carbocycles. The smallest absolute Gasteiger partial charge is 0.0671 e. The summed E-state index contributed by atoms with van der Waals surface area (Å²) in [6.07, 6.45) is 1.66. The van der Waals surface area contributed by atoms with Gasteiger partial charge in [-0.15, -0.1) is 0 Å². The molecule has 0 spiro atoms. The first-order valence-corrected chi connectivity index (χ1v) is 6.57. The van der Waals surface area contributed by atoms with Crippen LogP contribution < -0.4 is 0 Å². The van der Waals surface area contributed by atoms with Crippen molar-refractivity contribution in [1.82, 2.24) is 0 Å². The van der Waals surface area contributed by atoms with E-state index in [4.69, 9.17) is 4.74 Å². The highest BCUT2D eigenvalue weighted by atomic mass is 127. The van der Waals surface area contributed by atoms with Crippen LogP contribution in [0.2, 0.25) is 0 Å². The minimum atomic E-state index is 0.472. The summed E-state index contributed by atoms with van der Waals surface area (Å²) in [6, 6.07) is 8.65. The SMILES string of the molecule is Cc1ccccc1C1COC(CI)C1. The van der Waals surface area contributed by atoms with Gasteiger partial charge in [-0.3, -0.25) is 0 Å². The Balaban J connectivity index is 2.13. The molecule has 1 nitrogen and oxygen atoms in total. The van der Waals surface area contributed by atoms with Crippen molar-refractivity contribution in [2.75, 3.05) is 11.0 Å². The van der Waals surface area contributed by atoms with Gasteiger partial charge >= 0.3 is 0 Å². The van der Waals surface area contributed by atoms with Gasteiger partial charge in [-0.2, -0.15) is 0 Å². The maximum absolute atomic E-state index is 5.72. The Labute approximate surface area is 99.0 Å². The third kappa shape index (κ3) is 2.11. The fraction of sp³-hybridized carbons (Fsp3) is 0.500. The molecule has 0 bridgehead atoms. The van der Waals surface area contributed by atoms with E-state index < -0.39 is 0 Å². The van der Waals surface area contributed by atoms with Crippen molar-refractivity contribution in [3.8, 4) is 0 Å². The number of alkyl halides is 1. The maximum Gasteiger partial charge on any atom is 0.0671 e. The zero-order valence-corrected chi connectivity index (χ0v) is 10.5. The molecular weight excluding hydrogens is 287 g/mol. The lowest BCUT2D eigenvalue weighted by Crippen LogP contribution is -2.05. The van der Waals surface area contributed by atoms with Crippen LogP contribution in [0.15, 0.2) is 24.3 Å². The van der Waals surface area contributed by atoms with Crippen LogP contribution in [-0.4, -0.2) is 17.1 Å². The van der Waals surface area contributed by atoms with Gasteiger partial charge in [0.1, 0.15) is 0 Å². The van der Waals surface area contributed by atoms with Gasteiger partial charge in [0.2, 0.25) is 0 Å². The molecule has 1 aromatic rings. The molecule has 1 aromatic carbocycles. The second-order valence-corrected chi connectivity index (χ2v) is 4.78. The average molecular weight is 302 g/mol. The monoisotopic (exact) mass is 302 g/mol. The van der Waals surface area contributed by atoms with Gasteiger partial charge in [-0.05, 0) is 24.5 Å². The van der Waals surface area contributed by atoms with E-state index in [0.717, 1.165) is 11.0 Å². The van der Waals surface area contributed by atoms with E-state index in [1.54, 1.807) is 0 Å². The quantitative estimate of drug-likeness (QED) is 0.601. The summed E-state index contributed by atoms with van der Waals surface area (Å²) in [4.78, 5) is 0. The summed E-state index contributed by atoms with van der Waals surface area (Å²) >= 11 is 2.40. The van der Waals surface area contributed by atoms with Crippen LogP contribution in [0.4, 0.5) is 0 Å². The standard InChI is InChI=1S/C12H15IO/c1-9-4-2-3-5-12(9)10-6-11(7-13)14-8-10/h2-5,10-11H,6-8H2,1H3. The first-order chi connectivity index (χ1) is 6.81. The van der Waals surface area contributed by atoms with E-state index >= 15 is 0 Å². The van der Waals surface area contributed by atoms with Gasteiger partial charge in [0, 0.05) is 10.3 Å². The van der Waals surface area contributed by atoms with Crippen LogP contribution in [0.1, 0.15) is 23.5 Å². The van der Waals surface area contributed by atoms with Crippen LogP contribution >= 0.6 is 22.6 Å². The van der Waals surface area contributed by atoms with E-state index in [1.807, 2.05) is 0 Å². The highest BCUT2D eigenvalue weighted by Crippen LogP contribution is 2.31. The van der Waals surface area contributed by atoms with Crippen LogP contribution in [0.25, 0.3) is 0 Å². The van der Waals surface area contributed by atoms with Crippen molar-refractivity contribution < 1.29 is 4.74 Å². The number of rotatable bonds is 2. The molecule has 1 aliphatic heterocycles. The molecule has 2 heteroatoms. The topological polar surface area (TPSA) is 9.23 Å².